The van der Waals surface area contributed by atoms with E-state index in [9.17, 15) is 9.59 Å². The Morgan fingerprint density at radius 2 is 1.77 bits per heavy atom. The molecule has 4 rings (SSSR count). The zero-order valence-corrected chi connectivity index (χ0v) is 18.4. The van der Waals surface area contributed by atoms with Crippen molar-refractivity contribution in [2.24, 2.45) is 0 Å². The number of Topliss-reactive ketones (excluding diaryl/α,β-unsaturated/α-hetero) is 1. The average Bonchev–Trinajstić information content (AvgIpc) is 3.48. The Morgan fingerprint density at radius 3 is 2.42 bits per heavy atom. The molecular formula is C25H28O6. The van der Waals surface area contributed by atoms with Crippen molar-refractivity contribution in [1.82, 2.24) is 0 Å². The number of carbonyl (C=O) groups excluding carboxylic acids is 2. The Bertz CT molecular complexity index is 1020. The zero-order chi connectivity index (χ0) is 22.2. The maximum Gasteiger partial charge on any atom is 0.350 e. The number of carbonyl (C=O) groups is 2. The molecule has 31 heavy (non-hydrogen) atoms. The Labute approximate surface area is 182 Å². The van der Waals surface area contributed by atoms with Gasteiger partial charge in [0.25, 0.3) is 0 Å². The van der Waals surface area contributed by atoms with Crippen LogP contribution in [-0.2, 0) is 16.0 Å². The third-order valence-electron chi connectivity index (χ3n) is 6.09. The minimum Gasteiger partial charge on any atom is -0.493 e. The summed E-state index contributed by atoms with van der Waals surface area (Å²) in [6.07, 6.45) is 3.01. The molecule has 0 saturated heterocycles. The highest BCUT2D eigenvalue weighted by Gasteiger charge is 2.55. The van der Waals surface area contributed by atoms with Crippen molar-refractivity contribution in [3.05, 3.63) is 41.5 Å². The van der Waals surface area contributed by atoms with Gasteiger partial charge in [0.15, 0.2) is 17.3 Å². The lowest BCUT2D eigenvalue weighted by atomic mass is 9.99. The van der Waals surface area contributed by atoms with E-state index >= 15 is 0 Å². The molecule has 164 valence electrons. The highest BCUT2D eigenvalue weighted by Crippen LogP contribution is 2.51. The number of fused-ring (bicyclic) bond motifs is 1. The van der Waals surface area contributed by atoms with E-state index in [2.05, 4.69) is 0 Å². The number of benzene rings is 2. The van der Waals surface area contributed by atoms with Gasteiger partial charge in [-0.2, -0.15) is 0 Å². The first-order chi connectivity index (χ1) is 14.9. The maximum absolute atomic E-state index is 12.8. The molecule has 1 atom stereocenters. The number of methoxy groups -OCH3 is 2. The number of ketones is 1. The molecule has 6 heteroatoms. The van der Waals surface area contributed by atoms with E-state index in [0.29, 0.717) is 36.5 Å². The Morgan fingerprint density at radius 1 is 1.03 bits per heavy atom. The van der Waals surface area contributed by atoms with Crippen LogP contribution in [-0.4, -0.2) is 37.7 Å². The molecule has 0 N–H and O–H groups in total. The Kier molecular flexibility index (Phi) is 5.65. The van der Waals surface area contributed by atoms with Crippen LogP contribution < -0.4 is 14.2 Å². The van der Waals surface area contributed by atoms with Gasteiger partial charge >= 0.3 is 5.97 Å². The van der Waals surface area contributed by atoms with Crippen LogP contribution in [0.4, 0.5) is 0 Å². The van der Waals surface area contributed by atoms with E-state index < -0.39 is 5.60 Å². The lowest BCUT2D eigenvalue weighted by Crippen LogP contribution is -2.34. The summed E-state index contributed by atoms with van der Waals surface area (Å²) in [5, 5.41) is 0. The molecule has 2 aromatic carbocycles. The van der Waals surface area contributed by atoms with Crippen molar-refractivity contribution < 1.29 is 28.5 Å². The SMILES string of the molecule is CCC(C)OC(=O)C1(Oc2c(-c3ccc4c(c3)CCC4=O)ccc(OC)c2OC)CC1. The number of rotatable bonds is 8. The molecule has 1 fully saturated rings. The average molecular weight is 424 g/mol. The number of esters is 1. The Balaban J connectivity index is 1.76. The van der Waals surface area contributed by atoms with E-state index in [4.69, 9.17) is 18.9 Å². The second-order valence-corrected chi connectivity index (χ2v) is 8.19. The van der Waals surface area contributed by atoms with E-state index in [0.717, 1.165) is 35.1 Å². The van der Waals surface area contributed by atoms with Gasteiger partial charge in [-0.05, 0) is 43.0 Å². The zero-order valence-electron chi connectivity index (χ0n) is 18.4. The fraction of sp³-hybridized carbons (Fsp3) is 0.440. The van der Waals surface area contributed by atoms with Gasteiger partial charge in [-0.15, -0.1) is 0 Å². The molecule has 2 aliphatic carbocycles. The number of ether oxygens (including phenoxy) is 4. The molecule has 0 spiro atoms. The summed E-state index contributed by atoms with van der Waals surface area (Å²) in [5.74, 6) is 1.22. The van der Waals surface area contributed by atoms with E-state index in [1.54, 1.807) is 14.2 Å². The molecule has 0 aliphatic heterocycles. The molecule has 2 aliphatic rings. The quantitative estimate of drug-likeness (QED) is 0.570. The molecule has 0 aromatic heterocycles. The van der Waals surface area contributed by atoms with Crippen LogP contribution in [0.5, 0.6) is 17.2 Å². The molecule has 0 amide bonds. The van der Waals surface area contributed by atoms with Gasteiger partial charge < -0.3 is 18.9 Å². The van der Waals surface area contributed by atoms with Crippen LogP contribution in [0.2, 0.25) is 0 Å². The maximum atomic E-state index is 12.8. The number of hydrogen-bond acceptors (Lipinski definition) is 6. The third kappa shape index (κ3) is 3.87. The van der Waals surface area contributed by atoms with Gasteiger partial charge in [-0.1, -0.05) is 25.1 Å². The second-order valence-electron chi connectivity index (χ2n) is 8.19. The molecule has 0 radical (unpaired) electrons. The normalized spacial score (nSPS) is 17.0. The molecule has 0 bridgehead atoms. The summed E-state index contributed by atoms with van der Waals surface area (Å²) >= 11 is 0. The van der Waals surface area contributed by atoms with Crippen LogP contribution in [0.15, 0.2) is 30.3 Å². The second kappa shape index (κ2) is 8.25. The predicted molar refractivity (Wildman–Crippen MR) is 116 cm³/mol. The van der Waals surface area contributed by atoms with Crippen molar-refractivity contribution in [3.8, 4) is 28.4 Å². The highest BCUT2D eigenvalue weighted by atomic mass is 16.6. The van der Waals surface area contributed by atoms with Crippen molar-refractivity contribution >= 4 is 11.8 Å². The minimum atomic E-state index is -1.01. The summed E-state index contributed by atoms with van der Waals surface area (Å²) in [6.45, 7) is 3.84. The fourth-order valence-corrected chi connectivity index (χ4v) is 3.88. The van der Waals surface area contributed by atoms with Crippen LogP contribution in [0, 0.1) is 0 Å². The smallest absolute Gasteiger partial charge is 0.350 e. The van der Waals surface area contributed by atoms with E-state index in [1.807, 2.05) is 44.2 Å². The topological polar surface area (TPSA) is 71.1 Å². The molecule has 1 saturated carbocycles. The third-order valence-corrected chi connectivity index (χ3v) is 6.09. The summed E-state index contributed by atoms with van der Waals surface area (Å²) in [5.41, 5.74) is 2.48. The van der Waals surface area contributed by atoms with Gasteiger partial charge in [0.05, 0.1) is 20.3 Å². The standard InChI is InChI=1S/C25H28O6/c1-5-15(2)30-24(27)25(12-13-25)31-22-19(9-11-21(28-3)23(22)29-4)17-6-8-18-16(14-17)7-10-20(18)26/h6,8-9,11,14-15H,5,7,10,12-13H2,1-4H3. The van der Waals surface area contributed by atoms with Gasteiger partial charge in [-0.25, -0.2) is 4.79 Å². The van der Waals surface area contributed by atoms with Crippen LogP contribution >= 0.6 is 0 Å². The monoisotopic (exact) mass is 424 g/mol. The first-order valence-electron chi connectivity index (χ1n) is 10.7. The number of aryl methyl sites for hydroxylation is 1. The first-order valence-corrected chi connectivity index (χ1v) is 10.7. The summed E-state index contributed by atoms with van der Waals surface area (Å²) in [6, 6.07) is 9.50. The van der Waals surface area contributed by atoms with Crippen LogP contribution in [0.1, 0.15) is 55.5 Å². The highest BCUT2D eigenvalue weighted by molar-refractivity contribution is 6.01. The summed E-state index contributed by atoms with van der Waals surface area (Å²) in [7, 11) is 3.11. The van der Waals surface area contributed by atoms with Crippen LogP contribution in [0.25, 0.3) is 11.1 Å². The lowest BCUT2D eigenvalue weighted by Gasteiger charge is -2.23. The molecule has 0 heterocycles. The number of hydrogen-bond donors (Lipinski definition) is 0. The molecular weight excluding hydrogens is 396 g/mol. The van der Waals surface area contributed by atoms with Crippen molar-refractivity contribution in [3.63, 3.8) is 0 Å². The van der Waals surface area contributed by atoms with Crippen molar-refractivity contribution in [1.29, 1.82) is 0 Å². The minimum absolute atomic E-state index is 0.172. The fourth-order valence-electron chi connectivity index (χ4n) is 3.88. The van der Waals surface area contributed by atoms with E-state index in [1.165, 1.54) is 0 Å². The van der Waals surface area contributed by atoms with Crippen molar-refractivity contribution in [2.45, 2.75) is 57.7 Å². The lowest BCUT2D eigenvalue weighted by molar-refractivity contribution is -0.159. The summed E-state index contributed by atoms with van der Waals surface area (Å²) < 4.78 is 23.0. The van der Waals surface area contributed by atoms with E-state index in [-0.39, 0.29) is 17.9 Å². The molecule has 1 unspecified atom stereocenters. The molecule has 2 aromatic rings. The summed E-state index contributed by atoms with van der Waals surface area (Å²) in [4.78, 5) is 24.9. The van der Waals surface area contributed by atoms with Gasteiger partial charge in [0, 0.05) is 30.4 Å². The van der Waals surface area contributed by atoms with Crippen LogP contribution in [0.3, 0.4) is 0 Å². The van der Waals surface area contributed by atoms with Crippen molar-refractivity contribution in [2.75, 3.05) is 14.2 Å². The predicted octanol–water partition coefficient (Wildman–Crippen LogP) is 4.75. The largest absolute Gasteiger partial charge is 0.493 e. The first kappa shape index (κ1) is 21.2. The van der Waals surface area contributed by atoms with Gasteiger partial charge in [0.1, 0.15) is 0 Å². The van der Waals surface area contributed by atoms with Gasteiger partial charge in [-0.3, -0.25) is 4.79 Å². The van der Waals surface area contributed by atoms with Gasteiger partial charge in [0.2, 0.25) is 11.4 Å². The Hall–Kier alpha value is -3.02. The molecule has 6 nitrogen and oxygen atoms in total.